The Kier molecular flexibility index (Phi) is 5.98. The topological polar surface area (TPSA) is 66.5 Å². The molecule has 1 aliphatic rings. The third-order valence-electron chi connectivity index (χ3n) is 4.38. The number of hydrogen-bond donors (Lipinski definition) is 1. The summed E-state index contributed by atoms with van der Waals surface area (Å²) in [5.74, 6) is -1.51. The first-order chi connectivity index (χ1) is 13.2. The average Bonchev–Trinajstić information content (AvgIpc) is 2.86. The van der Waals surface area contributed by atoms with E-state index < -0.39 is 23.8 Å². The number of fused-ring (bicyclic) bond motifs is 1. The van der Waals surface area contributed by atoms with Gasteiger partial charge in [-0.3, -0.25) is 19.3 Å². The number of halogens is 3. The molecular weight excluding hydrogens is 423 g/mol. The fourth-order valence-corrected chi connectivity index (χ4v) is 3.52. The maximum Gasteiger partial charge on any atom is 0.262 e. The molecule has 0 saturated heterocycles. The molecule has 146 valence electrons. The lowest BCUT2D eigenvalue weighted by atomic mass is 10.0. The third-order valence-corrected chi connectivity index (χ3v) is 5.35. The van der Waals surface area contributed by atoms with E-state index in [1.54, 1.807) is 24.3 Å². The first-order valence-corrected chi connectivity index (χ1v) is 9.75. The summed E-state index contributed by atoms with van der Waals surface area (Å²) < 4.78 is 0. The first kappa shape index (κ1) is 20.6. The summed E-state index contributed by atoms with van der Waals surface area (Å²) in [6.45, 7) is 3.82. The van der Waals surface area contributed by atoms with E-state index in [2.05, 4.69) is 5.32 Å². The van der Waals surface area contributed by atoms with Crippen LogP contribution in [0, 0.1) is 5.92 Å². The summed E-state index contributed by atoms with van der Waals surface area (Å²) in [5.41, 5.74) is 0.811. The van der Waals surface area contributed by atoms with Crippen molar-refractivity contribution in [1.29, 1.82) is 0 Å². The number of benzene rings is 2. The van der Waals surface area contributed by atoms with Crippen LogP contribution in [0.25, 0.3) is 0 Å². The minimum atomic E-state index is -0.972. The average molecular weight is 440 g/mol. The maximum absolute atomic E-state index is 13.0. The molecule has 0 aliphatic carbocycles. The molecule has 0 unspecified atom stereocenters. The molecule has 2 aromatic carbocycles. The zero-order valence-electron chi connectivity index (χ0n) is 15.1. The van der Waals surface area contributed by atoms with Gasteiger partial charge in [0.25, 0.3) is 11.8 Å². The normalized spacial score (nSPS) is 14.4. The van der Waals surface area contributed by atoms with E-state index in [4.69, 9.17) is 34.8 Å². The van der Waals surface area contributed by atoms with Crippen molar-refractivity contribution in [3.8, 4) is 0 Å². The largest absolute Gasteiger partial charge is 0.324 e. The van der Waals surface area contributed by atoms with Gasteiger partial charge in [-0.1, -0.05) is 48.7 Å². The van der Waals surface area contributed by atoms with Gasteiger partial charge in [0, 0.05) is 10.7 Å². The zero-order chi connectivity index (χ0) is 20.6. The van der Waals surface area contributed by atoms with Gasteiger partial charge < -0.3 is 5.32 Å². The van der Waals surface area contributed by atoms with E-state index >= 15 is 0 Å². The van der Waals surface area contributed by atoms with Crippen LogP contribution in [0.1, 0.15) is 41.0 Å². The van der Waals surface area contributed by atoms with E-state index in [0.29, 0.717) is 17.1 Å². The monoisotopic (exact) mass is 438 g/mol. The predicted molar refractivity (Wildman–Crippen MR) is 110 cm³/mol. The van der Waals surface area contributed by atoms with Gasteiger partial charge in [0.15, 0.2) is 0 Å². The summed E-state index contributed by atoms with van der Waals surface area (Å²) in [6, 6.07) is 8.33. The van der Waals surface area contributed by atoms with Gasteiger partial charge in [-0.25, -0.2) is 0 Å². The quantitative estimate of drug-likeness (QED) is 0.643. The minimum Gasteiger partial charge on any atom is -0.324 e. The molecule has 0 saturated carbocycles. The van der Waals surface area contributed by atoms with Crippen LogP contribution >= 0.6 is 34.8 Å². The number of imide groups is 1. The lowest BCUT2D eigenvalue weighted by molar-refractivity contribution is -0.120. The number of nitrogens with zero attached hydrogens (tertiary/aromatic N) is 1. The summed E-state index contributed by atoms with van der Waals surface area (Å²) >= 11 is 17.9. The molecule has 1 aliphatic heterocycles. The number of hydrogen-bond acceptors (Lipinski definition) is 3. The molecule has 0 aromatic heterocycles. The van der Waals surface area contributed by atoms with Crippen molar-refractivity contribution in [2.75, 3.05) is 5.32 Å². The molecule has 1 atom stereocenters. The molecule has 0 fully saturated rings. The lowest BCUT2D eigenvalue weighted by Gasteiger charge is -2.26. The number of rotatable bonds is 5. The van der Waals surface area contributed by atoms with Gasteiger partial charge in [-0.2, -0.15) is 0 Å². The number of anilines is 1. The van der Waals surface area contributed by atoms with Crippen molar-refractivity contribution < 1.29 is 14.4 Å². The van der Waals surface area contributed by atoms with Crippen LogP contribution < -0.4 is 5.32 Å². The molecule has 2 aromatic rings. The highest BCUT2D eigenvalue weighted by Crippen LogP contribution is 2.33. The van der Waals surface area contributed by atoms with Crippen molar-refractivity contribution >= 4 is 58.2 Å². The SMILES string of the molecule is CC(C)C[C@H](C(=O)Nc1ccc(Cl)cc1)N1C(=O)c2cc(Cl)c(Cl)cc2C1=O. The van der Waals surface area contributed by atoms with Gasteiger partial charge in [0.1, 0.15) is 6.04 Å². The molecular formula is C20H17Cl3N2O3. The number of carbonyl (C=O) groups excluding carboxylic acids is 3. The Hall–Kier alpha value is -2.08. The highest BCUT2D eigenvalue weighted by atomic mass is 35.5. The molecule has 3 amide bonds. The molecule has 5 nitrogen and oxygen atoms in total. The molecule has 3 rings (SSSR count). The fourth-order valence-electron chi connectivity index (χ4n) is 3.07. The Balaban J connectivity index is 1.93. The zero-order valence-corrected chi connectivity index (χ0v) is 17.4. The van der Waals surface area contributed by atoms with Crippen molar-refractivity contribution in [2.24, 2.45) is 5.92 Å². The minimum absolute atomic E-state index is 0.0671. The molecule has 0 spiro atoms. The van der Waals surface area contributed by atoms with Gasteiger partial charge in [0.2, 0.25) is 5.91 Å². The van der Waals surface area contributed by atoms with Crippen LogP contribution in [0.5, 0.6) is 0 Å². The van der Waals surface area contributed by atoms with Gasteiger partial charge in [0.05, 0.1) is 21.2 Å². The van der Waals surface area contributed by atoms with E-state index in [1.807, 2.05) is 13.8 Å². The molecule has 0 radical (unpaired) electrons. The van der Waals surface area contributed by atoms with Crippen molar-refractivity contribution in [3.05, 3.63) is 62.6 Å². The smallest absolute Gasteiger partial charge is 0.262 e. The fraction of sp³-hybridized carbons (Fsp3) is 0.250. The summed E-state index contributed by atoms with van der Waals surface area (Å²) in [6.07, 6.45) is 0.312. The Morgan fingerprint density at radius 1 is 0.964 bits per heavy atom. The third kappa shape index (κ3) is 4.02. The van der Waals surface area contributed by atoms with Crippen molar-refractivity contribution in [3.63, 3.8) is 0 Å². The highest BCUT2D eigenvalue weighted by Gasteiger charge is 2.43. The molecule has 0 bridgehead atoms. The summed E-state index contributed by atoms with van der Waals surface area (Å²) in [5, 5.41) is 3.63. The van der Waals surface area contributed by atoms with Crippen molar-refractivity contribution in [1.82, 2.24) is 4.90 Å². The van der Waals surface area contributed by atoms with E-state index in [0.717, 1.165) is 4.90 Å². The first-order valence-electron chi connectivity index (χ1n) is 8.62. The molecule has 28 heavy (non-hydrogen) atoms. The van der Waals surface area contributed by atoms with E-state index in [9.17, 15) is 14.4 Å². The number of nitrogens with one attached hydrogen (secondary N) is 1. The number of amides is 3. The summed E-state index contributed by atoms with van der Waals surface area (Å²) in [7, 11) is 0. The van der Waals surface area contributed by atoms with Gasteiger partial charge >= 0.3 is 0 Å². The predicted octanol–water partition coefficient (Wildman–Crippen LogP) is 5.30. The van der Waals surface area contributed by atoms with Crippen molar-refractivity contribution in [2.45, 2.75) is 26.3 Å². The second-order valence-electron chi connectivity index (χ2n) is 6.93. The van der Waals surface area contributed by atoms with Gasteiger partial charge in [-0.05, 0) is 48.7 Å². The van der Waals surface area contributed by atoms with Crippen LogP contribution in [0.4, 0.5) is 5.69 Å². The molecule has 8 heteroatoms. The van der Waals surface area contributed by atoms with Crippen LogP contribution in [-0.2, 0) is 4.79 Å². The standard InChI is InChI=1S/C20H17Cl3N2O3/c1-10(2)7-17(18(26)24-12-5-3-11(21)4-6-12)25-19(27)13-8-15(22)16(23)9-14(13)20(25)28/h3-6,8-10,17H,7H2,1-2H3,(H,24,26)/t17-/m1/s1. The van der Waals surface area contributed by atoms with E-state index in [1.165, 1.54) is 12.1 Å². The Morgan fingerprint density at radius 2 is 1.46 bits per heavy atom. The van der Waals surface area contributed by atoms with Crippen LogP contribution in [0.15, 0.2) is 36.4 Å². The molecule has 1 N–H and O–H groups in total. The molecule has 1 heterocycles. The Bertz CT molecular complexity index is 917. The summed E-state index contributed by atoms with van der Waals surface area (Å²) in [4.78, 5) is 39.7. The maximum atomic E-state index is 13.0. The second-order valence-corrected chi connectivity index (χ2v) is 8.18. The Labute approximate surface area is 177 Å². The van der Waals surface area contributed by atoms with Crippen LogP contribution in [0.2, 0.25) is 15.1 Å². The Morgan fingerprint density at radius 3 is 1.93 bits per heavy atom. The second kappa shape index (κ2) is 8.11. The highest BCUT2D eigenvalue weighted by molar-refractivity contribution is 6.43. The van der Waals surface area contributed by atoms with Gasteiger partial charge in [-0.15, -0.1) is 0 Å². The van der Waals surface area contributed by atoms with E-state index in [-0.39, 0.29) is 27.1 Å². The van der Waals surface area contributed by atoms with Crippen LogP contribution in [-0.4, -0.2) is 28.7 Å². The number of carbonyl (C=O) groups is 3. The lowest BCUT2D eigenvalue weighted by Crippen LogP contribution is -2.47. The van der Waals surface area contributed by atoms with Crippen LogP contribution in [0.3, 0.4) is 0 Å².